The molecule has 2 rings (SSSR count). The van der Waals surface area contributed by atoms with Crippen LogP contribution in [0.5, 0.6) is 0 Å². The SMILES string of the molecule is CC(=O)c1c(C)[nH]c(C(=O)[C@H](C)N2CCC[C@@H](O)C2)c1C. The van der Waals surface area contributed by atoms with E-state index in [0.717, 1.165) is 30.6 Å². The summed E-state index contributed by atoms with van der Waals surface area (Å²) in [4.78, 5) is 29.4. The van der Waals surface area contributed by atoms with Crippen LogP contribution in [-0.4, -0.2) is 51.8 Å². The molecule has 0 spiro atoms. The number of carbonyl (C=O) groups is 2. The monoisotopic (exact) mass is 292 g/mol. The van der Waals surface area contributed by atoms with Gasteiger partial charge in [-0.15, -0.1) is 0 Å². The first-order valence-electron chi connectivity index (χ1n) is 7.49. The molecule has 2 N–H and O–H groups in total. The molecule has 0 aromatic carbocycles. The summed E-state index contributed by atoms with van der Waals surface area (Å²) < 4.78 is 0. The Balaban J connectivity index is 2.23. The normalized spacial score (nSPS) is 21.3. The Bertz CT molecular complexity index is 562. The number of nitrogens with one attached hydrogen (secondary N) is 1. The fourth-order valence-corrected chi connectivity index (χ4v) is 3.23. The third-order valence-electron chi connectivity index (χ3n) is 4.39. The molecule has 5 nitrogen and oxygen atoms in total. The van der Waals surface area contributed by atoms with Crippen LogP contribution in [0.25, 0.3) is 0 Å². The van der Waals surface area contributed by atoms with Crippen LogP contribution in [0.15, 0.2) is 0 Å². The van der Waals surface area contributed by atoms with E-state index in [9.17, 15) is 14.7 Å². The number of aliphatic hydroxyl groups is 1. The van der Waals surface area contributed by atoms with Crippen molar-refractivity contribution in [3.05, 3.63) is 22.5 Å². The first kappa shape index (κ1) is 15.9. The van der Waals surface area contributed by atoms with Gasteiger partial charge in [0.15, 0.2) is 11.6 Å². The van der Waals surface area contributed by atoms with E-state index in [1.807, 2.05) is 25.7 Å². The molecule has 0 radical (unpaired) electrons. The Labute approximate surface area is 125 Å². The molecule has 0 bridgehead atoms. The van der Waals surface area contributed by atoms with E-state index in [1.54, 1.807) is 0 Å². The van der Waals surface area contributed by atoms with Crippen LogP contribution in [0.4, 0.5) is 0 Å². The second-order valence-electron chi connectivity index (χ2n) is 6.01. The average Bonchev–Trinajstić information content (AvgIpc) is 2.72. The van der Waals surface area contributed by atoms with E-state index in [2.05, 4.69) is 4.98 Å². The molecule has 1 aromatic rings. The Morgan fingerprint density at radius 2 is 2.05 bits per heavy atom. The van der Waals surface area contributed by atoms with Crippen molar-refractivity contribution in [1.82, 2.24) is 9.88 Å². The van der Waals surface area contributed by atoms with Crippen molar-refractivity contribution in [2.24, 2.45) is 0 Å². The van der Waals surface area contributed by atoms with E-state index >= 15 is 0 Å². The number of carbonyl (C=O) groups excluding carboxylic acids is 2. The first-order chi connectivity index (χ1) is 9.82. The number of rotatable bonds is 4. The van der Waals surface area contributed by atoms with Crippen molar-refractivity contribution in [1.29, 1.82) is 0 Å². The number of aromatic amines is 1. The number of aryl methyl sites for hydroxylation is 1. The highest BCUT2D eigenvalue weighted by atomic mass is 16.3. The molecule has 1 aromatic heterocycles. The van der Waals surface area contributed by atoms with Crippen molar-refractivity contribution >= 4 is 11.6 Å². The summed E-state index contributed by atoms with van der Waals surface area (Å²) in [7, 11) is 0. The van der Waals surface area contributed by atoms with E-state index in [1.165, 1.54) is 6.92 Å². The topological polar surface area (TPSA) is 73.4 Å². The lowest BCUT2D eigenvalue weighted by molar-refractivity contribution is 0.0452. The number of ketones is 2. The van der Waals surface area contributed by atoms with Crippen molar-refractivity contribution in [3.63, 3.8) is 0 Å². The number of nitrogens with zero attached hydrogens (tertiary/aromatic N) is 1. The second kappa shape index (κ2) is 6.12. The number of β-amino-alcohol motifs (C(OH)–C–C–N with tert-alkyl or cyclic N) is 1. The van der Waals surface area contributed by atoms with Gasteiger partial charge in [0, 0.05) is 17.8 Å². The van der Waals surface area contributed by atoms with Crippen LogP contribution in [0, 0.1) is 13.8 Å². The number of aliphatic hydroxyl groups excluding tert-OH is 1. The second-order valence-corrected chi connectivity index (χ2v) is 6.01. The van der Waals surface area contributed by atoms with Gasteiger partial charge in [-0.05, 0) is 52.6 Å². The lowest BCUT2D eigenvalue weighted by Gasteiger charge is -2.33. The summed E-state index contributed by atoms with van der Waals surface area (Å²) >= 11 is 0. The molecule has 1 aliphatic rings. The lowest BCUT2D eigenvalue weighted by atomic mass is 10.00. The third-order valence-corrected chi connectivity index (χ3v) is 4.39. The van der Waals surface area contributed by atoms with Crippen LogP contribution >= 0.6 is 0 Å². The highest BCUT2D eigenvalue weighted by molar-refractivity contribution is 6.05. The fraction of sp³-hybridized carbons (Fsp3) is 0.625. The Kier molecular flexibility index (Phi) is 4.64. The minimum absolute atomic E-state index is 0.0165. The molecule has 5 heteroatoms. The van der Waals surface area contributed by atoms with Crippen LogP contribution in [0.1, 0.15) is 58.8 Å². The van der Waals surface area contributed by atoms with Gasteiger partial charge in [0.1, 0.15) is 0 Å². The largest absolute Gasteiger partial charge is 0.392 e. The minimum atomic E-state index is -0.353. The molecule has 1 fully saturated rings. The summed E-state index contributed by atoms with van der Waals surface area (Å²) in [6.45, 7) is 8.36. The molecule has 21 heavy (non-hydrogen) atoms. The van der Waals surface area contributed by atoms with Gasteiger partial charge >= 0.3 is 0 Å². The standard InChI is InChI=1S/C16H24N2O3/c1-9-14(12(4)19)10(2)17-15(9)16(21)11(3)18-7-5-6-13(20)8-18/h11,13,17,20H,5-8H2,1-4H3/t11-,13+/m0/s1. The van der Waals surface area contributed by atoms with Crippen LogP contribution in [-0.2, 0) is 0 Å². The van der Waals surface area contributed by atoms with Crippen molar-refractivity contribution in [2.75, 3.05) is 13.1 Å². The predicted octanol–water partition coefficient (Wildman–Crippen LogP) is 1.86. The van der Waals surface area contributed by atoms with E-state index in [-0.39, 0.29) is 23.7 Å². The molecule has 0 aliphatic carbocycles. The Morgan fingerprint density at radius 1 is 1.38 bits per heavy atom. The molecule has 2 atom stereocenters. The lowest BCUT2D eigenvalue weighted by Crippen LogP contribution is -2.47. The van der Waals surface area contributed by atoms with Gasteiger partial charge in [-0.3, -0.25) is 14.5 Å². The van der Waals surface area contributed by atoms with Gasteiger partial charge in [0.2, 0.25) is 0 Å². The van der Waals surface area contributed by atoms with Gasteiger partial charge in [0.05, 0.1) is 17.8 Å². The van der Waals surface area contributed by atoms with Gasteiger partial charge < -0.3 is 10.1 Å². The Hall–Kier alpha value is -1.46. The zero-order valence-electron chi connectivity index (χ0n) is 13.2. The van der Waals surface area contributed by atoms with Crippen LogP contribution in [0.2, 0.25) is 0 Å². The van der Waals surface area contributed by atoms with Crippen molar-refractivity contribution in [2.45, 2.75) is 52.7 Å². The highest BCUT2D eigenvalue weighted by Gasteiger charge is 2.30. The highest BCUT2D eigenvalue weighted by Crippen LogP contribution is 2.22. The van der Waals surface area contributed by atoms with Gasteiger partial charge in [-0.25, -0.2) is 0 Å². The molecule has 1 aliphatic heterocycles. The van der Waals surface area contributed by atoms with E-state index in [4.69, 9.17) is 0 Å². The molecular weight excluding hydrogens is 268 g/mol. The van der Waals surface area contributed by atoms with E-state index in [0.29, 0.717) is 17.8 Å². The first-order valence-corrected chi connectivity index (χ1v) is 7.49. The molecule has 0 amide bonds. The van der Waals surface area contributed by atoms with Gasteiger partial charge in [0.25, 0.3) is 0 Å². The summed E-state index contributed by atoms with van der Waals surface area (Å²) in [6.07, 6.45) is 1.35. The zero-order chi connectivity index (χ0) is 15.7. The summed E-state index contributed by atoms with van der Waals surface area (Å²) in [5.74, 6) is -0.0430. The maximum atomic E-state index is 12.7. The number of piperidine rings is 1. The summed E-state index contributed by atoms with van der Waals surface area (Å²) in [5, 5.41) is 9.75. The molecule has 2 heterocycles. The van der Waals surface area contributed by atoms with Crippen LogP contribution < -0.4 is 0 Å². The number of aromatic nitrogens is 1. The zero-order valence-corrected chi connectivity index (χ0v) is 13.2. The summed E-state index contributed by atoms with van der Waals surface area (Å²) in [6, 6.07) is -0.295. The fourth-order valence-electron chi connectivity index (χ4n) is 3.23. The maximum absolute atomic E-state index is 12.7. The smallest absolute Gasteiger partial charge is 0.196 e. The third kappa shape index (κ3) is 3.09. The average molecular weight is 292 g/mol. The molecule has 0 saturated carbocycles. The van der Waals surface area contributed by atoms with Crippen molar-refractivity contribution in [3.8, 4) is 0 Å². The molecular formula is C16H24N2O3. The number of likely N-dealkylation sites (tertiary alicyclic amines) is 1. The van der Waals surface area contributed by atoms with E-state index < -0.39 is 0 Å². The number of H-pyrrole nitrogens is 1. The quantitative estimate of drug-likeness (QED) is 0.831. The molecule has 116 valence electrons. The number of Topliss-reactive ketones (excluding diaryl/α,β-unsaturated/α-hetero) is 2. The predicted molar refractivity (Wildman–Crippen MR) is 80.9 cm³/mol. The van der Waals surface area contributed by atoms with Gasteiger partial charge in [-0.1, -0.05) is 0 Å². The minimum Gasteiger partial charge on any atom is -0.392 e. The number of hydrogen-bond acceptors (Lipinski definition) is 4. The number of hydrogen-bond donors (Lipinski definition) is 2. The molecule has 1 saturated heterocycles. The maximum Gasteiger partial charge on any atom is 0.196 e. The Morgan fingerprint density at radius 3 is 2.57 bits per heavy atom. The van der Waals surface area contributed by atoms with Crippen molar-refractivity contribution < 1.29 is 14.7 Å². The molecule has 0 unspecified atom stereocenters. The van der Waals surface area contributed by atoms with Gasteiger partial charge in [-0.2, -0.15) is 0 Å². The summed E-state index contributed by atoms with van der Waals surface area (Å²) in [5.41, 5.74) is 2.61. The van der Waals surface area contributed by atoms with Crippen LogP contribution in [0.3, 0.4) is 0 Å².